The van der Waals surface area contributed by atoms with Crippen molar-refractivity contribution in [1.82, 2.24) is 4.98 Å². The summed E-state index contributed by atoms with van der Waals surface area (Å²) in [6.45, 7) is 0. The summed E-state index contributed by atoms with van der Waals surface area (Å²) in [5.41, 5.74) is 0.947. The molecule has 1 aromatic heterocycles. The van der Waals surface area contributed by atoms with E-state index in [0.717, 1.165) is 0 Å². The number of aromatic nitrogens is 1. The predicted molar refractivity (Wildman–Crippen MR) is 71.3 cm³/mol. The summed E-state index contributed by atoms with van der Waals surface area (Å²) in [5, 5.41) is 12.0. The monoisotopic (exact) mass is 325 g/mol. The van der Waals surface area contributed by atoms with Crippen molar-refractivity contribution in [2.75, 3.05) is 5.32 Å². The third-order valence-electron chi connectivity index (χ3n) is 2.19. The lowest BCUT2D eigenvalue weighted by Gasteiger charge is -2.08. The molecule has 0 fully saturated rings. The van der Waals surface area contributed by atoms with Crippen LogP contribution in [0.25, 0.3) is 0 Å². The lowest BCUT2D eigenvalue weighted by atomic mass is 10.2. The molecule has 90 valence electrons. The first-order valence-electron chi connectivity index (χ1n) is 4.88. The van der Waals surface area contributed by atoms with Crippen LogP contribution < -0.4 is 5.32 Å². The highest BCUT2D eigenvalue weighted by atomic mass is 79.9. The maximum absolute atomic E-state index is 13.1. The van der Waals surface area contributed by atoms with Crippen LogP contribution in [0.4, 0.5) is 15.9 Å². The number of rotatable bonds is 2. The lowest BCUT2D eigenvalue weighted by molar-refractivity contribution is 0.621. The molecule has 0 amide bonds. The van der Waals surface area contributed by atoms with Crippen molar-refractivity contribution < 1.29 is 4.39 Å². The van der Waals surface area contributed by atoms with Crippen LogP contribution in [0.15, 0.2) is 34.9 Å². The zero-order chi connectivity index (χ0) is 13.1. The summed E-state index contributed by atoms with van der Waals surface area (Å²) in [5.74, 6) is -0.000364. The fraction of sp³-hybridized carbons (Fsp3) is 0. The topological polar surface area (TPSA) is 48.7 Å². The average Bonchev–Trinajstić information content (AvgIpc) is 2.36. The summed E-state index contributed by atoms with van der Waals surface area (Å²) in [6.07, 6.45) is 1.48. The molecule has 0 saturated heterocycles. The van der Waals surface area contributed by atoms with Gasteiger partial charge in [0.15, 0.2) is 5.82 Å². The van der Waals surface area contributed by atoms with Crippen LogP contribution in [0.1, 0.15) is 5.56 Å². The molecule has 2 aromatic rings. The van der Waals surface area contributed by atoms with Gasteiger partial charge >= 0.3 is 0 Å². The molecule has 1 N–H and O–H groups in total. The van der Waals surface area contributed by atoms with Gasteiger partial charge in [-0.15, -0.1) is 0 Å². The molecule has 18 heavy (non-hydrogen) atoms. The summed E-state index contributed by atoms with van der Waals surface area (Å²) < 4.78 is 13.4. The molecule has 6 heteroatoms. The Morgan fingerprint density at radius 3 is 2.83 bits per heavy atom. The van der Waals surface area contributed by atoms with Crippen molar-refractivity contribution in [3.63, 3.8) is 0 Å². The van der Waals surface area contributed by atoms with E-state index in [2.05, 4.69) is 26.2 Å². The SMILES string of the molecule is N#Cc1ccnc(Nc2ccc(F)c(Br)c2)c1Cl. The second-order valence-electron chi connectivity index (χ2n) is 3.39. The normalized spacial score (nSPS) is 9.89. The van der Waals surface area contributed by atoms with Gasteiger partial charge in [-0.2, -0.15) is 5.26 Å². The Kier molecular flexibility index (Phi) is 3.80. The number of hydrogen-bond acceptors (Lipinski definition) is 3. The molecule has 0 unspecified atom stereocenters. The number of halogens is 3. The van der Waals surface area contributed by atoms with E-state index in [1.807, 2.05) is 6.07 Å². The molecule has 1 aromatic carbocycles. The van der Waals surface area contributed by atoms with Gasteiger partial charge in [0.05, 0.1) is 10.0 Å². The quantitative estimate of drug-likeness (QED) is 0.897. The zero-order valence-corrected chi connectivity index (χ0v) is 11.3. The van der Waals surface area contributed by atoms with Gasteiger partial charge in [-0.05, 0) is 40.2 Å². The van der Waals surface area contributed by atoms with E-state index in [1.165, 1.54) is 18.3 Å². The van der Waals surface area contributed by atoms with E-state index >= 15 is 0 Å². The maximum Gasteiger partial charge on any atom is 0.150 e. The number of anilines is 2. The van der Waals surface area contributed by atoms with Gasteiger partial charge < -0.3 is 5.32 Å². The molecule has 0 spiro atoms. The Labute approximate surface area is 116 Å². The highest BCUT2D eigenvalue weighted by molar-refractivity contribution is 9.10. The van der Waals surface area contributed by atoms with Gasteiger partial charge in [-0.25, -0.2) is 9.37 Å². The number of hydrogen-bond donors (Lipinski definition) is 1. The van der Waals surface area contributed by atoms with Crippen LogP contribution in [-0.2, 0) is 0 Å². The number of nitrogens with zero attached hydrogens (tertiary/aromatic N) is 2. The number of nitriles is 1. The maximum atomic E-state index is 13.1. The van der Waals surface area contributed by atoms with E-state index in [1.54, 1.807) is 12.1 Å². The van der Waals surface area contributed by atoms with Crippen LogP contribution in [0, 0.1) is 17.1 Å². The van der Waals surface area contributed by atoms with Crippen molar-refractivity contribution in [3.05, 3.63) is 51.3 Å². The van der Waals surface area contributed by atoms with E-state index in [-0.39, 0.29) is 10.8 Å². The zero-order valence-electron chi connectivity index (χ0n) is 8.92. The number of pyridine rings is 1. The Morgan fingerprint density at radius 1 is 1.39 bits per heavy atom. The van der Waals surface area contributed by atoms with Crippen molar-refractivity contribution in [1.29, 1.82) is 5.26 Å². The molecule has 1 heterocycles. The van der Waals surface area contributed by atoms with Gasteiger partial charge in [-0.3, -0.25) is 0 Å². The standard InChI is InChI=1S/C12H6BrClFN3/c13-9-5-8(1-2-10(9)15)18-12-11(14)7(6-16)3-4-17-12/h1-5H,(H,17,18). The van der Waals surface area contributed by atoms with Crippen molar-refractivity contribution in [2.24, 2.45) is 0 Å². The first kappa shape index (κ1) is 12.8. The first-order valence-corrected chi connectivity index (χ1v) is 6.05. The van der Waals surface area contributed by atoms with Gasteiger partial charge in [0, 0.05) is 11.9 Å². The summed E-state index contributed by atoms with van der Waals surface area (Å²) in [7, 11) is 0. The minimum atomic E-state index is -0.356. The Bertz CT molecular complexity index is 640. The third-order valence-corrected chi connectivity index (χ3v) is 3.18. The molecular weight excluding hydrogens is 321 g/mol. The minimum Gasteiger partial charge on any atom is -0.339 e. The van der Waals surface area contributed by atoms with E-state index < -0.39 is 0 Å². The predicted octanol–water partition coefficient (Wildman–Crippen LogP) is 4.25. The highest BCUT2D eigenvalue weighted by Crippen LogP contribution is 2.27. The van der Waals surface area contributed by atoms with Crippen molar-refractivity contribution in [2.45, 2.75) is 0 Å². The molecule has 0 aliphatic carbocycles. The fourth-order valence-corrected chi connectivity index (χ4v) is 1.91. The first-order chi connectivity index (χ1) is 8.61. The van der Waals surface area contributed by atoms with Gasteiger partial charge in [0.1, 0.15) is 16.9 Å². The van der Waals surface area contributed by atoms with Crippen LogP contribution in [0.2, 0.25) is 5.02 Å². The summed E-state index contributed by atoms with van der Waals surface area (Å²) in [4.78, 5) is 4.03. The molecule has 0 atom stereocenters. The fourth-order valence-electron chi connectivity index (χ4n) is 1.33. The van der Waals surface area contributed by atoms with E-state index in [9.17, 15) is 4.39 Å². The summed E-state index contributed by atoms with van der Waals surface area (Å²) >= 11 is 9.08. The smallest absolute Gasteiger partial charge is 0.150 e. The molecular formula is C12H6BrClFN3. The second-order valence-corrected chi connectivity index (χ2v) is 4.62. The third kappa shape index (κ3) is 2.61. The Hall–Kier alpha value is -1.64. The number of nitrogens with one attached hydrogen (secondary N) is 1. The minimum absolute atomic E-state index is 0.237. The van der Waals surface area contributed by atoms with Crippen LogP contribution in [-0.4, -0.2) is 4.98 Å². The Balaban J connectivity index is 2.35. The molecule has 0 aliphatic rings. The molecule has 0 bridgehead atoms. The second kappa shape index (κ2) is 5.34. The Morgan fingerprint density at radius 2 is 2.17 bits per heavy atom. The molecule has 0 aliphatic heterocycles. The van der Waals surface area contributed by atoms with E-state index in [4.69, 9.17) is 16.9 Å². The number of benzene rings is 1. The molecule has 0 radical (unpaired) electrons. The highest BCUT2D eigenvalue weighted by Gasteiger charge is 2.08. The van der Waals surface area contributed by atoms with Crippen molar-refractivity contribution in [3.8, 4) is 6.07 Å². The summed E-state index contributed by atoms with van der Waals surface area (Å²) in [6, 6.07) is 7.91. The molecule has 0 saturated carbocycles. The van der Waals surface area contributed by atoms with Crippen LogP contribution >= 0.6 is 27.5 Å². The lowest BCUT2D eigenvalue weighted by Crippen LogP contribution is -1.96. The van der Waals surface area contributed by atoms with Crippen molar-refractivity contribution >= 4 is 39.0 Å². The van der Waals surface area contributed by atoms with Crippen LogP contribution in [0.3, 0.4) is 0 Å². The van der Waals surface area contributed by atoms with Crippen LogP contribution in [0.5, 0.6) is 0 Å². The largest absolute Gasteiger partial charge is 0.339 e. The molecule has 3 nitrogen and oxygen atoms in total. The van der Waals surface area contributed by atoms with Gasteiger partial charge in [0.2, 0.25) is 0 Å². The average molecular weight is 327 g/mol. The van der Waals surface area contributed by atoms with E-state index in [0.29, 0.717) is 21.5 Å². The molecule has 2 rings (SSSR count). The van der Waals surface area contributed by atoms with Gasteiger partial charge in [0.25, 0.3) is 0 Å². The van der Waals surface area contributed by atoms with Gasteiger partial charge in [-0.1, -0.05) is 11.6 Å².